The SMILES string of the molecule is CCN(CC)CCNC(=O)c1ccc(-c2cc(=O)c3cc(C)cc(C)c3o2)cc1. The Bertz CT molecular complexity index is 1060. The molecule has 2 aromatic carbocycles. The van der Waals surface area contributed by atoms with Crippen LogP contribution in [0.4, 0.5) is 0 Å². The van der Waals surface area contributed by atoms with Crippen LogP contribution in [-0.2, 0) is 0 Å². The number of aryl methyl sites for hydroxylation is 2. The van der Waals surface area contributed by atoms with Crippen LogP contribution in [0.3, 0.4) is 0 Å². The van der Waals surface area contributed by atoms with Gasteiger partial charge in [0.1, 0.15) is 11.3 Å². The molecule has 0 unspecified atom stereocenters. The zero-order chi connectivity index (χ0) is 21.0. The van der Waals surface area contributed by atoms with Crippen LogP contribution in [0.15, 0.2) is 51.7 Å². The lowest BCUT2D eigenvalue weighted by Gasteiger charge is -2.17. The molecular formula is C24H28N2O3. The second-order valence-electron chi connectivity index (χ2n) is 7.29. The molecule has 1 aromatic heterocycles. The molecule has 0 spiro atoms. The molecule has 0 aliphatic carbocycles. The van der Waals surface area contributed by atoms with E-state index in [0.29, 0.717) is 28.8 Å². The quantitative estimate of drug-likeness (QED) is 0.656. The monoisotopic (exact) mass is 392 g/mol. The van der Waals surface area contributed by atoms with Crippen LogP contribution in [0, 0.1) is 13.8 Å². The van der Waals surface area contributed by atoms with Crippen molar-refractivity contribution in [2.24, 2.45) is 0 Å². The van der Waals surface area contributed by atoms with E-state index in [1.54, 1.807) is 12.1 Å². The molecule has 0 atom stereocenters. The van der Waals surface area contributed by atoms with E-state index in [9.17, 15) is 9.59 Å². The summed E-state index contributed by atoms with van der Waals surface area (Å²) >= 11 is 0. The van der Waals surface area contributed by atoms with Gasteiger partial charge < -0.3 is 14.6 Å². The van der Waals surface area contributed by atoms with Gasteiger partial charge in [0, 0.05) is 30.3 Å². The number of benzene rings is 2. The van der Waals surface area contributed by atoms with E-state index in [1.807, 2.05) is 38.1 Å². The molecule has 0 aliphatic heterocycles. The molecule has 0 radical (unpaired) electrons. The molecule has 5 heteroatoms. The second-order valence-corrected chi connectivity index (χ2v) is 7.29. The molecule has 3 rings (SSSR count). The molecule has 1 heterocycles. The lowest BCUT2D eigenvalue weighted by molar-refractivity contribution is 0.0949. The van der Waals surface area contributed by atoms with Gasteiger partial charge in [-0.05, 0) is 56.3 Å². The van der Waals surface area contributed by atoms with Crippen LogP contribution < -0.4 is 10.7 Å². The van der Waals surface area contributed by atoms with Crippen LogP contribution in [0.5, 0.6) is 0 Å². The molecule has 0 saturated heterocycles. The maximum atomic E-state index is 12.5. The second kappa shape index (κ2) is 9.05. The summed E-state index contributed by atoms with van der Waals surface area (Å²) in [5.74, 6) is 0.401. The summed E-state index contributed by atoms with van der Waals surface area (Å²) in [6.45, 7) is 11.5. The van der Waals surface area contributed by atoms with Crippen LogP contribution in [-0.4, -0.2) is 37.0 Å². The van der Waals surface area contributed by atoms with E-state index < -0.39 is 0 Å². The minimum Gasteiger partial charge on any atom is -0.456 e. The molecular weight excluding hydrogens is 364 g/mol. The number of nitrogens with zero attached hydrogens (tertiary/aromatic N) is 1. The molecule has 0 fully saturated rings. The van der Waals surface area contributed by atoms with E-state index in [1.165, 1.54) is 6.07 Å². The summed E-state index contributed by atoms with van der Waals surface area (Å²) in [4.78, 5) is 27.2. The first kappa shape index (κ1) is 20.8. The molecule has 0 aliphatic rings. The highest BCUT2D eigenvalue weighted by molar-refractivity contribution is 5.94. The van der Waals surface area contributed by atoms with Crippen LogP contribution in [0.1, 0.15) is 35.3 Å². The standard InChI is InChI=1S/C24H28N2O3/c1-5-26(6-2)12-11-25-24(28)19-9-7-18(8-10-19)22-15-21(27)20-14-16(3)13-17(4)23(20)29-22/h7-10,13-15H,5-6,11-12H2,1-4H3,(H,25,28). The molecule has 0 bridgehead atoms. The molecule has 5 nitrogen and oxygen atoms in total. The normalized spacial score (nSPS) is 11.2. The molecule has 29 heavy (non-hydrogen) atoms. The van der Waals surface area contributed by atoms with Gasteiger partial charge in [-0.15, -0.1) is 0 Å². The lowest BCUT2D eigenvalue weighted by atomic mass is 10.1. The Morgan fingerprint density at radius 1 is 1.03 bits per heavy atom. The number of hydrogen-bond acceptors (Lipinski definition) is 4. The van der Waals surface area contributed by atoms with Crippen molar-refractivity contribution in [2.45, 2.75) is 27.7 Å². The molecule has 1 N–H and O–H groups in total. The van der Waals surface area contributed by atoms with Gasteiger partial charge in [0.25, 0.3) is 5.91 Å². The summed E-state index contributed by atoms with van der Waals surface area (Å²) in [6.07, 6.45) is 0. The first-order chi connectivity index (χ1) is 13.9. The van der Waals surface area contributed by atoms with Crippen LogP contribution >= 0.6 is 0 Å². The summed E-state index contributed by atoms with van der Waals surface area (Å²) in [5, 5.41) is 3.54. The van der Waals surface area contributed by atoms with Gasteiger partial charge in [-0.1, -0.05) is 32.0 Å². The van der Waals surface area contributed by atoms with Crippen LogP contribution in [0.2, 0.25) is 0 Å². The zero-order valence-corrected chi connectivity index (χ0v) is 17.5. The van der Waals surface area contributed by atoms with Gasteiger partial charge in [0.15, 0.2) is 5.43 Å². The summed E-state index contributed by atoms with van der Waals surface area (Å²) in [6, 6.07) is 12.5. The fourth-order valence-electron chi connectivity index (χ4n) is 3.51. The topological polar surface area (TPSA) is 62.6 Å². The van der Waals surface area contributed by atoms with Gasteiger partial charge in [0.2, 0.25) is 0 Å². The number of carbonyl (C=O) groups is 1. The van der Waals surface area contributed by atoms with Crippen molar-refractivity contribution >= 4 is 16.9 Å². The number of carbonyl (C=O) groups excluding carboxylic acids is 1. The molecule has 3 aromatic rings. The van der Waals surface area contributed by atoms with E-state index >= 15 is 0 Å². The Labute approximate surface area is 171 Å². The minimum absolute atomic E-state index is 0.0636. The maximum Gasteiger partial charge on any atom is 0.251 e. The van der Waals surface area contributed by atoms with Crippen molar-refractivity contribution in [2.75, 3.05) is 26.2 Å². The number of nitrogens with one attached hydrogen (secondary N) is 1. The summed E-state index contributed by atoms with van der Waals surface area (Å²) < 4.78 is 6.02. The van der Waals surface area contributed by atoms with Crippen molar-refractivity contribution in [1.29, 1.82) is 0 Å². The van der Waals surface area contributed by atoms with E-state index in [2.05, 4.69) is 24.1 Å². The number of amides is 1. The predicted molar refractivity (Wildman–Crippen MR) is 118 cm³/mol. The van der Waals surface area contributed by atoms with Gasteiger partial charge in [-0.25, -0.2) is 0 Å². The Hall–Kier alpha value is -2.92. The largest absolute Gasteiger partial charge is 0.456 e. The number of hydrogen-bond donors (Lipinski definition) is 1. The zero-order valence-electron chi connectivity index (χ0n) is 17.5. The summed E-state index contributed by atoms with van der Waals surface area (Å²) in [7, 11) is 0. The van der Waals surface area contributed by atoms with E-state index in [4.69, 9.17) is 4.42 Å². The Morgan fingerprint density at radius 3 is 2.38 bits per heavy atom. The highest BCUT2D eigenvalue weighted by Crippen LogP contribution is 2.25. The fourth-order valence-corrected chi connectivity index (χ4v) is 3.51. The van der Waals surface area contributed by atoms with Gasteiger partial charge >= 0.3 is 0 Å². The molecule has 1 amide bonds. The van der Waals surface area contributed by atoms with E-state index in [0.717, 1.165) is 36.3 Å². The third kappa shape index (κ3) is 4.74. The lowest BCUT2D eigenvalue weighted by Crippen LogP contribution is -2.34. The Balaban J connectivity index is 1.78. The summed E-state index contributed by atoms with van der Waals surface area (Å²) in [5.41, 5.74) is 3.86. The van der Waals surface area contributed by atoms with Crippen molar-refractivity contribution in [3.63, 3.8) is 0 Å². The Morgan fingerprint density at radius 2 is 1.72 bits per heavy atom. The van der Waals surface area contributed by atoms with Crippen molar-refractivity contribution in [1.82, 2.24) is 10.2 Å². The smallest absolute Gasteiger partial charge is 0.251 e. The third-order valence-corrected chi connectivity index (χ3v) is 5.20. The molecule has 0 saturated carbocycles. The highest BCUT2D eigenvalue weighted by atomic mass is 16.3. The number of likely N-dealkylation sites (N-methyl/N-ethyl adjacent to an activating group) is 1. The number of rotatable bonds is 7. The first-order valence-electron chi connectivity index (χ1n) is 10.1. The minimum atomic E-state index is -0.102. The average molecular weight is 392 g/mol. The Kier molecular flexibility index (Phi) is 6.49. The van der Waals surface area contributed by atoms with Gasteiger partial charge in [-0.2, -0.15) is 0 Å². The number of fused-ring (bicyclic) bond motifs is 1. The predicted octanol–water partition coefficient (Wildman–Crippen LogP) is 4.15. The highest BCUT2D eigenvalue weighted by Gasteiger charge is 2.11. The third-order valence-electron chi connectivity index (χ3n) is 5.20. The maximum absolute atomic E-state index is 12.5. The fraction of sp³-hybridized carbons (Fsp3) is 0.333. The first-order valence-corrected chi connectivity index (χ1v) is 10.1. The van der Waals surface area contributed by atoms with Crippen LogP contribution in [0.25, 0.3) is 22.3 Å². The van der Waals surface area contributed by atoms with Crippen molar-refractivity contribution in [3.05, 3.63) is 69.4 Å². The van der Waals surface area contributed by atoms with Gasteiger partial charge in [-0.3, -0.25) is 9.59 Å². The van der Waals surface area contributed by atoms with Crippen molar-refractivity contribution in [3.8, 4) is 11.3 Å². The van der Waals surface area contributed by atoms with Gasteiger partial charge in [0.05, 0.1) is 5.39 Å². The average Bonchev–Trinajstić information content (AvgIpc) is 2.72. The molecule has 152 valence electrons. The van der Waals surface area contributed by atoms with E-state index in [-0.39, 0.29) is 11.3 Å². The van der Waals surface area contributed by atoms with Crippen molar-refractivity contribution < 1.29 is 9.21 Å².